The maximum absolute atomic E-state index is 12.9. The van der Waals surface area contributed by atoms with Crippen molar-refractivity contribution < 1.29 is 34.4 Å². The maximum Gasteiger partial charge on any atom is 0.309 e. The summed E-state index contributed by atoms with van der Waals surface area (Å²) in [6, 6.07) is 10.7. The molecule has 0 amide bonds. The number of ketones is 2. The standard InChI is InChI=1S/C20H18Cl2O7/c1-29-15(23)10-20(28,18(26)12-4-8-14(22)9-5-12)19(27)17(25)16(24)11-2-6-13(21)7-3-11/h2-9,17,19,25,27-28H,10H2,1H3/t17?,19-,20?/m1/s1. The van der Waals surface area contributed by atoms with Crippen LogP contribution >= 0.6 is 23.2 Å². The first-order valence-corrected chi connectivity index (χ1v) is 9.11. The fourth-order valence-corrected chi connectivity index (χ4v) is 2.90. The van der Waals surface area contributed by atoms with E-state index in [-0.39, 0.29) is 11.1 Å². The van der Waals surface area contributed by atoms with Crippen LogP contribution in [0.5, 0.6) is 0 Å². The van der Waals surface area contributed by atoms with Crippen molar-refractivity contribution in [3.05, 3.63) is 69.7 Å². The summed E-state index contributed by atoms with van der Waals surface area (Å²) in [6.45, 7) is 0. The van der Waals surface area contributed by atoms with E-state index < -0.39 is 41.8 Å². The molecule has 0 fully saturated rings. The second-order valence-electron chi connectivity index (χ2n) is 6.27. The van der Waals surface area contributed by atoms with Gasteiger partial charge in [-0.1, -0.05) is 23.2 Å². The van der Waals surface area contributed by atoms with Crippen LogP contribution in [0, 0.1) is 0 Å². The quantitative estimate of drug-likeness (QED) is 0.424. The zero-order valence-corrected chi connectivity index (χ0v) is 16.7. The highest BCUT2D eigenvalue weighted by atomic mass is 35.5. The average Bonchev–Trinajstić information content (AvgIpc) is 2.72. The molecule has 2 unspecified atom stereocenters. The summed E-state index contributed by atoms with van der Waals surface area (Å²) in [5.74, 6) is -3.09. The van der Waals surface area contributed by atoms with Gasteiger partial charge in [-0.05, 0) is 48.5 Å². The number of ether oxygens (including phenoxy) is 1. The number of aliphatic hydroxyl groups excluding tert-OH is 2. The highest BCUT2D eigenvalue weighted by Gasteiger charge is 2.50. The Balaban J connectivity index is 2.39. The van der Waals surface area contributed by atoms with Crippen molar-refractivity contribution in [2.45, 2.75) is 24.2 Å². The Morgan fingerprint density at radius 3 is 1.83 bits per heavy atom. The average molecular weight is 441 g/mol. The molecule has 0 bridgehead atoms. The molecule has 0 saturated carbocycles. The van der Waals surface area contributed by atoms with Gasteiger partial charge in [-0.25, -0.2) is 0 Å². The Labute approximate surface area is 176 Å². The van der Waals surface area contributed by atoms with Gasteiger partial charge >= 0.3 is 5.97 Å². The molecule has 2 aromatic carbocycles. The third-order valence-corrected chi connectivity index (χ3v) is 4.83. The van der Waals surface area contributed by atoms with E-state index in [0.29, 0.717) is 10.0 Å². The first kappa shape index (κ1) is 23.0. The van der Waals surface area contributed by atoms with Crippen LogP contribution in [0.2, 0.25) is 10.0 Å². The van der Waals surface area contributed by atoms with E-state index in [1.165, 1.54) is 48.5 Å². The molecular weight excluding hydrogens is 423 g/mol. The van der Waals surface area contributed by atoms with Gasteiger partial charge < -0.3 is 20.1 Å². The van der Waals surface area contributed by atoms with E-state index in [9.17, 15) is 29.7 Å². The van der Waals surface area contributed by atoms with Crippen molar-refractivity contribution >= 4 is 40.7 Å². The predicted octanol–water partition coefficient (Wildman–Crippen LogP) is 2.08. The number of halogens is 2. The van der Waals surface area contributed by atoms with E-state index in [0.717, 1.165) is 7.11 Å². The van der Waals surface area contributed by atoms with Crippen molar-refractivity contribution in [2.24, 2.45) is 0 Å². The fraction of sp³-hybridized carbons (Fsp3) is 0.250. The summed E-state index contributed by atoms with van der Waals surface area (Å²) in [7, 11) is 1.02. The summed E-state index contributed by atoms with van der Waals surface area (Å²) >= 11 is 11.5. The van der Waals surface area contributed by atoms with Crippen LogP contribution in [0.1, 0.15) is 27.1 Å². The smallest absolute Gasteiger partial charge is 0.309 e. The fourth-order valence-electron chi connectivity index (χ4n) is 2.65. The number of hydrogen-bond acceptors (Lipinski definition) is 7. The SMILES string of the molecule is COC(=O)CC(O)(C(=O)c1ccc(Cl)cc1)[C@H](O)C(O)C(=O)c1ccc(Cl)cc1. The first-order valence-electron chi connectivity index (χ1n) is 8.35. The Morgan fingerprint density at radius 1 is 0.931 bits per heavy atom. The topological polar surface area (TPSA) is 121 Å². The van der Waals surface area contributed by atoms with Gasteiger partial charge in [0.15, 0.2) is 17.2 Å². The molecule has 3 atom stereocenters. The zero-order valence-electron chi connectivity index (χ0n) is 15.2. The molecule has 7 nitrogen and oxygen atoms in total. The second-order valence-corrected chi connectivity index (χ2v) is 7.15. The highest BCUT2D eigenvalue weighted by molar-refractivity contribution is 6.31. The van der Waals surface area contributed by atoms with E-state index in [1.807, 2.05) is 0 Å². The molecule has 0 aliphatic rings. The second kappa shape index (κ2) is 9.47. The normalized spacial score (nSPS) is 15.1. The summed E-state index contributed by atoms with van der Waals surface area (Å²) in [5, 5.41) is 32.5. The van der Waals surface area contributed by atoms with Gasteiger partial charge in [0.2, 0.25) is 0 Å². The molecule has 2 rings (SSSR count). The number of aliphatic hydroxyl groups is 3. The predicted molar refractivity (Wildman–Crippen MR) is 105 cm³/mol. The van der Waals surface area contributed by atoms with Gasteiger partial charge in [-0.2, -0.15) is 0 Å². The lowest BCUT2D eigenvalue weighted by atomic mass is 9.80. The molecule has 9 heteroatoms. The summed E-state index contributed by atoms with van der Waals surface area (Å²) < 4.78 is 4.47. The van der Waals surface area contributed by atoms with E-state index >= 15 is 0 Å². The lowest BCUT2D eigenvalue weighted by molar-refractivity contribution is -0.152. The number of esters is 1. The van der Waals surface area contributed by atoms with Gasteiger partial charge in [0, 0.05) is 21.2 Å². The molecule has 2 aromatic rings. The number of carbonyl (C=O) groups excluding carboxylic acids is 3. The Bertz CT molecular complexity index is 896. The monoisotopic (exact) mass is 440 g/mol. The van der Waals surface area contributed by atoms with Crippen molar-refractivity contribution in [1.29, 1.82) is 0 Å². The van der Waals surface area contributed by atoms with Crippen molar-refractivity contribution in [1.82, 2.24) is 0 Å². The van der Waals surface area contributed by atoms with Crippen LogP contribution in [0.3, 0.4) is 0 Å². The summed E-state index contributed by atoms with van der Waals surface area (Å²) in [5.41, 5.74) is -2.94. The Hall–Kier alpha value is -2.29. The van der Waals surface area contributed by atoms with Crippen LogP contribution in [-0.2, 0) is 9.53 Å². The Morgan fingerprint density at radius 2 is 1.38 bits per heavy atom. The van der Waals surface area contributed by atoms with Gasteiger partial charge in [0.05, 0.1) is 13.5 Å². The van der Waals surface area contributed by atoms with Crippen LogP contribution in [0.4, 0.5) is 0 Å². The van der Waals surface area contributed by atoms with E-state index in [2.05, 4.69) is 4.74 Å². The number of hydrogen-bond donors (Lipinski definition) is 3. The molecule has 0 aliphatic heterocycles. The minimum Gasteiger partial charge on any atom is -0.469 e. The largest absolute Gasteiger partial charge is 0.469 e. The third kappa shape index (κ3) is 5.20. The lowest BCUT2D eigenvalue weighted by Crippen LogP contribution is -2.57. The first-order chi connectivity index (χ1) is 13.6. The molecule has 0 aliphatic carbocycles. The van der Waals surface area contributed by atoms with Crippen LogP contribution in [0.25, 0.3) is 0 Å². The van der Waals surface area contributed by atoms with Crippen molar-refractivity contribution in [2.75, 3.05) is 7.11 Å². The van der Waals surface area contributed by atoms with Crippen molar-refractivity contribution in [3.8, 4) is 0 Å². The number of benzene rings is 2. The molecule has 0 aromatic heterocycles. The molecule has 0 radical (unpaired) electrons. The third-order valence-electron chi connectivity index (χ3n) is 4.33. The summed E-state index contributed by atoms with van der Waals surface area (Å²) in [4.78, 5) is 37.1. The molecule has 3 N–H and O–H groups in total. The van der Waals surface area contributed by atoms with Crippen LogP contribution in [0.15, 0.2) is 48.5 Å². The number of methoxy groups -OCH3 is 1. The van der Waals surface area contributed by atoms with Crippen LogP contribution in [-0.4, -0.2) is 57.8 Å². The van der Waals surface area contributed by atoms with Gasteiger partial charge in [0.25, 0.3) is 0 Å². The molecular formula is C20H18Cl2O7. The van der Waals surface area contributed by atoms with Gasteiger partial charge in [-0.3, -0.25) is 14.4 Å². The lowest BCUT2D eigenvalue weighted by Gasteiger charge is -2.33. The molecule has 0 saturated heterocycles. The molecule has 0 spiro atoms. The molecule has 154 valence electrons. The highest BCUT2D eigenvalue weighted by Crippen LogP contribution is 2.27. The van der Waals surface area contributed by atoms with Gasteiger partial charge in [0.1, 0.15) is 12.2 Å². The van der Waals surface area contributed by atoms with Crippen LogP contribution < -0.4 is 0 Å². The molecule has 29 heavy (non-hydrogen) atoms. The van der Waals surface area contributed by atoms with Crippen molar-refractivity contribution in [3.63, 3.8) is 0 Å². The Kier molecular flexibility index (Phi) is 7.51. The minimum absolute atomic E-state index is 0.0136. The number of Topliss-reactive ketones (excluding diaryl/α,β-unsaturated/α-hetero) is 2. The van der Waals surface area contributed by atoms with Gasteiger partial charge in [-0.15, -0.1) is 0 Å². The minimum atomic E-state index is -2.83. The molecule has 0 heterocycles. The van der Waals surface area contributed by atoms with E-state index in [4.69, 9.17) is 23.2 Å². The van der Waals surface area contributed by atoms with E-state index in [1.54, 1.807) is 0 Å². The maximum atomic E-state index is 12.9. The number of rotatable bonds is 8. The number of carbonyl (C=O) groups is 3. The summed E-state index contributed by atoms with van der Waals surface area (Å²) in [6.07, 6.45) is -5.52. The zero-order chi connectivity index (χ0) is 21.8.